The van der Waals surface area contributed by atoms with E-state index in [1.807, 2.05) is 13.8 Å². The van der Waals surface area contributed by atoms with Crippen molar-refractivity contribution < 1.29 is 17.9 Å². The lowest BCUT2D eigenvalue weighted by atomic mass is 10.2. The Morgan fingerprint density at radius 2 is 1.83 bits per heavy atom. The predicted octanol–water partition coefficient (Wildman–Crippen LogP) is 2.29. The molecule has 0 heterocycles. The van der Waals surface area contributed by atoms with E-state index in [2.05, 4.69) is 0 Å². The van der Waals surface area contributed by atoms with Crippen LogP contribution in [0.15, 0.2) is 12.1 Å². The number of sulfonamides is 1. The van der Waals surface area contributed by atoms with Crippen molar-refractivity contribution in [1.82, 2.24) is 4.90 Å². The van der Waals surface area contributed by atoms with Gasteiger partial charge in [-0.25, -0.2) is 8.42 Å². The number of aryl methyl sites for hydroxylation is 1. The van der Waals surface area contributed by atoms with Crippen molar-refractivity contribution in [3.63, 3.8) is 0 Å². The molecule has 6 nitrogen and oxygen atoms in total. The Labute approximate surface area is 143 Å². The average molecular weight is 363 g/mol. The van der Waals surface area contributed by atoms with Crippen molar-refractivity contribution in [3.05, 3.63) is 22.7 Å². The Balaban J connectivity index is 3.34. The number of rotatable bonds is 7. The summed E-state index contributed by atoms with van der Waals surface area (Å²) >= 11 is 6.06. The zero-order valence-electron chi connectivity index (χ0n) is 14.1. The van der Waals surface area contributed by atoms with Crippen molar-refractivity contribution in [2.45, 2.75) is 20.8 Å². The highest BCUT2D eigenvalue weighted by Gasteiger charge is 2.26. The minimum Gasteiger partial charge on any atom is -0.494 e. The Morgan fingerprint density at radius 1 is 1.26 bits per heavy atom. The molecule has 0 unspecified atom stereocenters. The summed E-state index contributed by atoms with van der Waals surface area (Å²) < 4.78 is 30.7. The van der Waals surface area contributed by atoms with Crippen molar-refractivity contribution in [3.8, 4) is 5.75 Å². The fraction of sp³-hybridized carbons (Fsp3) is 0.533. The lowest BCUT2D eigenvalue weighted by Crippen LogP contribution is -2.42. The number of halogens is 1. The second-order valence-electron chi connectivity index (χ2n) is 5.11. The second-order valence-corrected chi connectivity index (χ2v) is 7.42. The summed E-state index contributed by atoms with van der Waals surface area (Å²) in [5, 5.41) is 0.467. The molecule has 1 amide bonds. The van der Waals surface area contributed by atoms with E-state index in [9.17, 15) is 13.2 Å². The predicted molar refractivity (Wildman–Crippen MR) is 92.9 cm³/mol. The van der Waals surface area contributed by atoms with Crippen LogP contribution in [0.25, 0.3) is 0 Å². The Hall–Kier alpha value is -1.47. The monoisotopic (exact) mass is 362 g/mol. The van der Waals surface area contributed by atoms with Crippen LogP contribution in [0.4, 0.5) is 5.69 Å². The Kier molecular flexibility index (Phi) is 6.70. The molecule has 0 fully saturated rings. The lowest BCUT2D eigenvalue weighted by Gasteiger charge is -2.27. The Morgan fingerprint density at radius 3 is 2.26 bits per heavy atom. The molecule has 1 rings (SSSR count). The summed E-state index contributed by atoms with van der Waals surface area (Å²) in [5.74, 6) is 0.0356. The number of hydrogen-bond acceptors (Lipinski definition) is 4. The number of anilines is 1. The standard InChI is InChI=1S/C15H23ClN2O4S/c1-6-17(7-2)15(19)10-18(23(5,20)21)13-8-11(3)12(16)9-14(13)22-4/h8-9H,6-7,10H2,1-5H3. The highest BCUT2D eigenvalue weighted by molar-refractivity contribution is 7.92. The Bertz CT molecular complexity index is 672. The molecule has 0 bridgehead atoms. The van der Waals surface area contributed by atoms with E-state index in [1.54, 1.807) is 24.0 Å². The zero-order chi connectivity index (χ0) is 17.8. The van der Waals surface area contributed by atoms with Gasteiger partial charge in [0.05, 0.1) is 19.1 Å². The highest BCUT2D eigenvalue weighted by Crippen LogP contribution is 2.35. The molecule has 130 valence electrons. The third-order valence-corrected chi connectivity index (χ3v) is 5.06. The number of carbonyl (C=O) groups is 1. The van der Waals surface area contributed by atoms with Gasteiger partial charge in [-0.3, -0.25) is 9.10 Å². The van der Waals surface area contributed by atoms with E-state index in [4.69, 9.17) is 16.3 Å². The van der Waals surface area contributed by atoms with Gasteiger partial charge in [0.15, 0.2) is 0 Å². The molecule has 0 aliphatic heterocycles. The normalized spacial score (nSPS) is 11.2. The summed E-state index contributed by atoms with van der Waals surface area (Å²) in [6.45, 7) is 6.21. The number of likely N-dealkylation sites (N-methyl/N-ethyl adjacent to an activating group) is 1. The van der Waals surface area contributed by atoms with Crippen molar-refractivity contribution in [1.29, 1.82) is 0 Å². The number of ether oxygens (including phenoxy) is 1. The van der Waals surface area contributed by atoms with Crippen molar-refractivity contribution in [2.24, 2.45) is 0 Å². The molecule has 1 aromatic carbocycles. The third kappa shape index (κ3) is 4.75. The van der Waals surface area contributed by atoms with Crippen LogP contribution in [0.3, 0.4) is 0 Å². The number of carbonyl (C=O) groups excluding carboxylic acids is 1. The van der Waals surface area contributed by atoms with Crippen LogP contribution in [0.1, 0.15) is 19.4 Å². The maximum absolute atomic E-state index is 12.3. The summed E-state index contributed by atoms with van der Waals surface area (Å²) in [6, 6.07) is 3.16. The van der Waals surface area contributed by atoms with Gasteiger partial charge in [-0.2, -0.15) is 0 Å². The van der Waals surface area contributed by atoms with Crippen LogP contribution in [-0.4, -0.2) is 52.2 Å². The second kappa shape index (κ2) is 7.88. The van der Waals surface area contributed by atoms with Crippen LogP contribution < -0.4 is 9.04 Å². The van der Waals surface area contributed by atoms with E-state index >= 15 is 0 Å². The lowest BCUT2D eigenvalue weighted by molar-refractivity contribution is -0.129. The quantitative estimate of drug-likeness (QED) is 0.746. The fourth-order valence-corrected chi connectivity index (χ4v) is 3.19. The van der Waals surface area contributed by atoms with Crippen molar-refractivity contribution in [2.75, 3.05) is 37.3 Å². The molecule has 1 aromatic rings. The first-order valence-electron chi connectivity index (χ1n) is 7.25. The zero-order valence-corrected chi connectivity index (χ0v) is 15.7. The van der Waals surface area contributed by atoms with Gasteiger partial charge in [-0.15, -0.1) is 0 Å². The third-order valence-electron chi connectivity index (χ3n) is 3.52. The largest absolute Gasteiger partial charge is 0.494 e. The molecular weight excluding hydrogens is 340 g/mol. The first-order valence-corrected chi connectivity index (χ1v) is 9.47. The minimum atomic E-state index is -3.66. The maximum atomic E-state index is 12.3. The molecule has 0 saturated carbocycles. The summed E-state index contributed by atoms with van der Waals surface area (Å²) in [5.41, 5.74) is 1.00. The highest BCUT2D eigenvalue weighted by atomic mass is 35.5. The topological polar surface area (TPSA) is 66.9 Å². The van der Waals surface area contributed by atoms with E-state index in [0.717, 1.165) is 10.6 Å². The molecule has 0 radical (unpaired) electrons. The van der Waals surface area contributed by atoms with Crippen LogP contribution in [0.2, 0.25) is 5.02 Å². The van der Waals surface area contributed by atoms with E-state index in [0.29, 0.717) is 35.1 Å². The van der Waals surface area contributed by atoms with Gasteiger partial charge in [0, 0.05) is 24.2 Å². The van der Waals surface area contributed by atoms with Crippen molar-refractivity contribution >= 4 is 33.2 Å². The molecule has 0 aliphatic rings. The molecule has 23 heavy (non-hydrogen) atoms. The van der Waals surface area contributed by atoms with Gasteiger partial charge in [0.25, 0.3) is 0 Å². The maximum Gasteiger partial charge on any atom is 0.243 e. The van der Waals surface area contributed by atoms with Gasteiger partial charge < -0.3 is 9.64 Å². The molecule has 0 aromatic heterocycles. The molecule has 0 aliphatic carbocycles. The van der Waals surface area contributed by atoms with E-state index < -0.39 is 10.0 Å². The van der Waals surface area contributed by atoms with E-state index in [-0.39, 0.29) is 12.5 Å². The molecule has 8 heteroatoms. The fourth-order valence-electron chi connectivity index (χ4n) is 2.19. The summed E-state index contributed by atoms with van der Waals surface area (Å²) in [4.78, 5) is 13.9. The minimum absolute atomic E-state index is 0.268. The van der Waals surface area contributed by atoms with Gasteiger partial charge in [-0.05, 0) is 32.4 Å². The van der Waals surface area contributed by atoms with Gasteiger partial charge in [0.1, 0.15) is 12.3 Å². The van der Waals surface area contributed by atoms with E-state index in [1.165, 1.54) is 7.11 Å². The van der Waals surface area contributed by atoms with Gasteiger partial charge in [-0.1, -0.05) is 11.6 Å². The van der Waals surface area contributed by atoms with Gasteiger partial charge >= 0.3 is 0 Å². The first kappa shape index (κ1) is 19.6. The summed E-state index contributed by atoms with van der Waals surface area (Å²) in [7, 11) is -2.23. The molecule has 0 saturated heterocycles. The van der Waals surface area contributed by atoms with Gasteiger partial charge in [0.2, 0.25) is 15.9 Å². The number of nitrogens with zero attached hydrogens (tertiary/aromatic N) is 2. The first-order chi connectivity index (χ1) is 10.6. The number of methoxy groups -OCH3 is 1. The molecule has 0 spiro atoms. The van der Waals surface area contributed by atoms with Crippen LogP contribution in [0, 0.1) is 6.92 Å². The average Bonchev–Trinajstić information content (AvgIpc) is 2.47. The molecular formula is C15H23ClN2O4S. The smallest absolute Gasteiger partial charge is 0.243 e. The van der Waals surface area contributed by atoms with Crippen LogP contribution >= 0.6 is 11.6 Å². The van der Waals surface area contributed by atoms with Crippen LogP contribution in [0.5, 0.6) is 5.75 Å². The SMILES string of the molecule is CCN(CC)C(=O)CN(c1cc(C)c(Cl)cc1OC)S(C)(=O)=O. The molecule has 0 atom stereocenters. The number of amides is 1. The van der Waals surface area contributed by atoms with Crippen LogP contribution in [-0.2, 0) is 14.8 Å². The molecule has 0 N–H and O–H groups in total. The number of benzene rings is 1. The number of hydrogen-bond donors (Lipinski definition) is 0. The summed E-state index contributed by atoms with van der Waals surface area (Å²) in [6.07, 6.45) is 1.06.